The van der Waals surface area contributed by atoms with Gasteiger partial charge in [-0.05, 0) is 31.0 Å². The van der Waals surface area contributed by atoms with E-state index in [2.05, 4.69) is 20.5 Å². The maximum absolute atomic E-state index is 12.0. The zero-order valence-corrected chi connectivity index (χ0v) is 12.4. The molecular weight excluding hydrogens is 299 g/mol. The monoisotopic (exact) mass is 314 g/mol. The molecule has 1 amide bonds. The van der Waals surface area contributed by atoms with Crippen molar-refractivity contribution in [3.05, 3.63) is 22.3 Å². The third kappa shape index (κ3) is 3.06. The van der Waals surface area contributed by atoms with Crippen LogP contribution in [0.5, 0.6) is 0 Å². The Labute approximate surface area is 127 Å². The van der Waals surface area contributed by atoms with Crippen LogP contribution in [-0.4, -0.2) is 48.5 Å². The SMILES string of the molecule is O=C(CN1CC2CNCC2C1)Nc1ncc(Cl)cc1Cl. The van der Waals surface area contributed by atoms with E-state index >= 15 is 0 Å². The second-order valence-corrected chi connectivity index (χ2v) is 6.25. The zero-order chi connectivity index (χ0) is 14.1. The third-order valence-corrected chi connectivity index (χ3v) is 4.39. The minimum Gasteiger partial charge on any atom is -0.316 e. The van der Waals surface area contributed by atoms with Gasteiger partial charge < -0.3 is 10.6 Å². The molecule has 2 N–H and O–H groups in total. The standard InChI is InChI=1S/C13H16Cl2N4O/c14-10-1-11(15)13(17-4-10)18-12(20)7-19-5-8-2-16-3-9(8)6-19/h1,4,8-9,16H,2-3,5-7H2,(H,17,18,20). The van der Waals surface area contributed by atoms with Gasteiger partial charge in [0.15, 0.2) is 5.82 Å². The number of carbonyl (C=O) groups is 1. The first-order valence-electron chi connectivity index (χ1n) is 6.66. The van der Waals surface area contributed by atoms with Gasteiger partial charge in [-0.25, -0.2) is 4.98 Å². The van der Waals surface area contributed by atoms with E-state index in [4.69, 9.17) is 23.2 Å². The summed E-state index contributed by atoms with van der Waals surface area (Å²) in [6, 6.07) is 1.57. The van der Waals surface area contributed by atoms with Crippen molar-refractivity contribution in [1.29, 1.82) is 0 Å². The average molecular weight is 315 g/mol. The number of nitrogens with zero attached hydrogens (tertiary/aromatic N) is 2. The summed E-state index contributed by atoms with van der Waals surface area (Å²) in [5.41, 5.74) is 0. The van der Waals surface area contributed by atoms with Crippen molar-refractivity contribution >= 4 is 34.9 Å². The molecule has 5 nitrogen and oxygen atoms in total. The van der Waals surface area contributed by atoms with Crippen LogP contribution in [0.4, 0.5) is 5.82 Å². The maximum Gasteiger partial charge on any atom is 0.239 e. The first-order chi connectivity index (χ1) is 9.61. The summed E-state index contributed by atoms with van der Waals surface area (Å²) in [6.45, 7) is 4.47. The Hall–Kier alpha value is -0.880. The molecule has 3 rings (SSSR count). The Morgan fingerprint density at radius 1 is 1.40 bits per heavy atom. The summed E-state index contributed by atoms with van der Waals surface area (Å²) in [6.07, 6.45) is 1.47. The number of anilines is 1. The summed E-state index contributed by atoms with van der Waals surface area (Å²) in [5.74, 6) is 1.64. The largest absolute Gasteiger partial charge is 0.316 e. The van der Waals surface area contributed by atoms with Crippen LogP contribution in [-0.2, 0) is 4.79 Å². The molecule has 2 unspecified atom stereocenters. The molecule has 2 atom stereocenters. The number of fused-ring (bicyclic) bond motifs is 1. The number of carbonyl (C=O) groups excluding carboxylic acids is 1. The number of aromatic nitrogens is 1. The van der Waals surface area contributed by atoms with Gasteiger partial charge in [-0.15, -0.1) is 0 Å². The first kappa shape index (κ1) is 14.1. The maximum atomic E-state index is 12.0. The van der Waals surface area contributed by atoms with Crippen molar-refractivity contribution < 1.29 is 4.79 Å². The van der Waals surface area contributed by atoms with E-state index in [0.717, 1.165) is 26.2 Å². The van der Waals surface area contributed by atoms with E-state index in [0.29, 0.717) is 34.2 Å². The van der Waals surface area contributed by atoms with Crippen LogP contribution in [0.25, 0.3) is 0 Å². The van der Waals surface area contributed by atoms with Gasteiger partial charge >= 0.3 is 0 Å². The number of halogens is 2. The Bertz CT molecular complexity index is 513. The molecule has 2 fully saturated rings. The highest BCUT2D eigenvalue weighted by molar-refractivity contribution is 6.36. The van der Waals surface area contributed by atoms with Gasteiger partial charge in [0.05, 0.1) is 16.6 Å². The summed E-state index contributed by atoms with van der Waals surface area (Å²) < 4.78 is 0. The molecule has 2 aliphatic rings. The van der Waals surface area contributed by atoms with Gasteiger partial charge in [0.2, 0.25) is 5.91 Å². The molecule has 0 saturated carbocycles. The van der Waals surface area contributed by atoms with Crippen LogP contribution < -0.4 is 10.6 Å². The molecule has 1 aromatic heterocycles. The van der Waals surface area contributed by atoms with Crippen molar-refractivity contribution in [2.75, 3.05) is 38.0 Å². The number of hydrogen-bond donors (Lipinski definition) is 2. The normalized spacial score (nSPS) is 25.7. The van der Waals surface area contributed by atoms with Gasteiger partial charge in [0.25, 0.3) is 0 Å². The number of pyridine rings is 1. The van der Waals surface area contributed by atoms with Crippen LogP contribution in [0.2, 0.25) is 10.0 Å². The van der Waals surface area contributed by atoms with E-state index < -0.39 is 0 Å². The van der Waals surface area contributed by atoms with Gasteiger partial charge in [0, 0.05) is 19.3 Å². The van der Waals surface area contributed by atoms with E-state index in [1.54, 1.807) is 6.07 Å². The van der Waals surface area contributed by atoms with E-state index in [1.165, 1.54) is 6.20 Å². The highest BCUT2D eigenvalue weighted by atomic mass is 35.5. The number of nitrogens with one attached hydrogen (secondary N) is 2. The fraction of sp³-hybridized carbons (Fsp3) is 0.538. The minimum absolute atomic E-state index is 0.0883. The molecule has 0 aromatic carbocycles. The number of rotatable bonds is 3. The zero-order valence-electron chi connectivity index (χ0n) is 10.9. The Morgan fingerprint density at radius 2 is 2.10 bits per heavy atom. The highest BCUT2D eigenvalue weighted by Crippen LogP contribution is 2.26. The lowest BCUT2D eigenvalue weighted by Crippen LogP contribution is -2.34. The predicted octanol–water partition coefficient (Wildman–Crippen LogP) is 1.48. The average Bonchev–Trinajstić information content (AvgIpc) is 2.93. The Kier molecular flexibility index (Phi) is 4.12. The van der Waals surface area contributed by atoms with Gasteiger partial charge in [-0.3, -0.25) is 9.69 Å². The molecule has 0 radical (unpaired) electrons. The van der Waals surface area contributed by atoms with E-state index in [-0.39, 0.29) is 5.91 Å². The topological polar surface area (TPSA) is 57.3 Å². The van der Waals surface area contributed by atoms with Gasteiger partial charge in [-0.1, -0.05) is 23.2 Å². The van der Waals surface area contributed by atoms with Crippen LogP contribution in [0, 0.1) is 11.8 Å². The number of hydrogen-bond acceptors (Lipinski definition) is 4. The second kappa shape index (κ2) is 5.85. The van der Waals surface area contributed by atoms with Crippen molar-refractivity contribution in [3.63, 3.8) is 0 Å². The third-order valence-electron chi connectivity index (χ3n) is 3.90. The van der Waals surface area contributed by atoms with Crippen molar-refractivity contribution in [1.82, 2.24) is 15.2 Å². The van der Waals surface area contributed by atoms with Crippen LogP contribution >= 0.6 is 23.2 Å². The summed E-state index contributed by atoms with van der Waals surface area (Å²) in [4.78, 5) is 18.2. The smallest absolute Gasteiger partial charge is 0.239 e. The quantitative estimate of drug-likeness (QED) is 0.887. The summed E-state index contributed by atoms with van der Waals surface area (Å²) in [5, 5.41) is 6.92. The lowest BCUT2D eigenvalue weighted by Gasteiger charge is -2.16. The summed E-state index contributed by atoms with van der Waals surface area (Å²) in [7, 11) is 0. The molecule has 2 saturated heterocycles. The van der Waals surface area contributed by atoms with Gasteiger partial charge in [-0.2, -0.15) is 0 Å². The predicted molar refractivity (Wildman–Crippen MR) is 79.2 cm³/mol. The first-order valence-corrected chi connectivity index (χ1v) is 7.41. The second-order valence-electron chi connectivity index (χ2n) is 5.40. The highest BCUT2D eigenvalue weighted by Gasteiger charge is 2.36. The Balaban J connectivity index is 1.55. The molecule has 1 aromatic rings. The molecule has 0 bridgehead atoms. The van der Waals surface area contributed by atoms with Crippen molar-refractivity contribution in [2.45, 2.75) is 0 Å². The minimum atomic E-state index is -0.0883. The van der Waals surface area contributed by atoms with E-state index in [9.17, 15) is 4.79 Å². The molecule has 2 aliphatic heterocycles. The van der Waals surface area contributed by atoms with Crippen LogP contribution in [0.15, 0.2) is 12.3 Å². The lowest BCUT2D eigenvalue weighted by atomic mass is 10.0. The molecule has 3 heterocycles. The number of likely N-dealkylation sites (tertiary alicyclic amines) is 1. The molecule has 7 heteroatoms. The summed E-state index contributed by atoms with van der Waals surface area (Å²) >= 11 is 11.8. The molecule has 108 valence electrons. The van der Waals surface area contributed by atoms with Crippen molar-refractivity contribution in [2.24, 2.45) is 11.8 Å². The molecule has 0 aliphatic carbocycles. The molecule has 20 heavy (non-hydrogen) atoms. The van der Waals surface area contributed by atoms with Crippen LogP contribution in [0.1, 0.15) is 0 Å². The molecular formula is C13H16Cl2N4O. The van der Waals surface area contributed by atoms with Crippen LogP contribution in [0.3, 0.4) is 0 Å². The molecule has 0 spiro atoms. The van der Waals surface area contributed by atoms with E-state index in [1.807, 2.05) is 0 Å². The van der Waals surface area contributed by atoms with Crippen molar-refractivity contribution in [3.8, 4) is 0 Å². The van der Waals surface area contributed by atoms with Gasteiger partial charge in [0.1, 0.15) is 0 Å². The number of amides is 1. The Morgan fingerprint density at radius 3 is 2.75 bits per heavy atom. The fourth-order valence-corrected chi connectivity index (χ4v) is 3.39. The lowest BCUT2D eigenvalue weighted by molar-refractivity contribution is -0.117. The fourth-order valence-electron chi connectivity index (χ4n) is 2.96.